The summed E-state index contributed by atoms with van der Waals surface area (Å²) in [6.45, 7) is 6.01. The molecule has 20 heavy (non-hydrogen) atoms. The van der Waals surface area contributed by atoms with Crippen LogP contribution in [-0.4, -0.2) is 58.3 Å². The fraction of sp³-hybridized carbons (Fsp3) is 0.533. The van der Waals surface area contributed by atoms with E-state index in [1.54, 1.807) is 0 Å². The van der Waals surface area contributed by atoms with Gasteiger partial charge >= 0.3 is 0 Å². The van der Waals surface area contributed by atoms with E-state index in [1.165, 1.54) is 5.69 Å². The van der Waals surface area contributed by atoms with Crippen LogP contribution < -0.4 is 15.1 Å². The molecule has 1 saturated heterocycles. The van der Waals surface area contributed by atoms with Crippen molar-refractivity contribution in [2.45, 2.75) is 0 Å². The molecule has 0 saturated carbocycles. The van der Waals surface area contributed by atoms with Crippen molar-refractivity contribution in [3.8, 4) is 6.07 Å². The maximum absolute atomic E-state index is 9.44. The first-order valence-corrected chi connectivity index (χ1v) is 7.15. The molecule has 2 aliphatic heterocycles. The molecule has 2 aliphatic rings. The molecule has 1 fully saturated rings. The van der Waals surface area contributed by atoms with Gasteiger partial charge in [-0.05, 0) is 19.2 Å². The summed E-state index contributed by atoms with van der Waals surface area (Å²) in [6.07, 6.45) is 0. The predicted molar refractivity (Wildman–Crippen MR) is 82.6 cm³/mol. The monoisotopic (exact) mass is 271 g/mol. The molecule has 1 aromatic carbocycles. The van der Waals surface area contributed by atoms with Crippen LogP contribution in [0.2, 0.25) is 0 Å². The Morgan fingerprint density at radius 2 is 1.80 bits per heavy atom. The Hall–Kier alpha value is -1.93. The summed E-state index contributed by atoms with van der Waals surface area (Å²) in [4.78, 5) is 6.92. The van der Waals surface area contributed by atoms with Crippen LogP contribution in [-0.2, 0) is 0 Å². The van der Waals surface area contributed by atoms with E-state index in [9.17, 15) is 5.26 Å². The third-order valence-corrected chi connectivity index (χ3v) is 4.25. The number of likely N-dealkylation sites (N-methyl/N-ethyl adjacent to an activating group) is 2. The molecule has 5 nitrogen and oxygen atoms in total. The number of benzene rings is 1. The molecule has 0 bridgehead atoms. The largest absolute Gasteiger partial charge is 0.382 e. The van der Waals surface area contributed by atoms with Gasteiger partial charge in [-0.2, -0.15) is 5.26 Å². The van der Waals surface area contributed by atoms with Crippen molar-refractivity contribution >= 4 is 17.1 Å². The molecule has 0 radical (unpaired) electrons. The van der Waals surface area contributed by atoms with E-state index in [2.05, 4.69) is 46.2 Å². The van der Waals surface area contributed by atoms with Crippen LogP contribution in [0.5, 0.6) is 0 Å². The van der Waals surface area contributed by atoms with Gasteiger partial charge in [0.15, 0.2) is 0 Å². The summed E-state index contributed by atoms with van der Waals surface area (Å²) in [5, 5.41) is 12.8. The van der Waals surface area contributed by atoms with Crippen LogP contribution in [0, 0.1) is 11.3 Å². The Balaban J connectivity index is 1.97. The number of fused-ring (bicyclic) bond motifs is 1. The number of hydrogen-bond acceptors (Lipinski definition) is 5. The number of rotatable bonds is 1. The van der Waals surface area contributed by atoms with Crippen LogP contribution in [0.15, 0.2) is 12.1 Å². The van der Waals surface area contributed by atoms with E-state index < -0.39 is 0 Å². The lowest BCUT2D eigenvalue weighted by Crippen LogP contribution is -2.45. The Morgan fingerprint density at radius 1 is 1.05 bits per heavy atom. The zero-order valence-electron chi connectivity index (χ0n) is 12.2. The molecule has 2 heterocycles. The van der Waals surface area contributed by atoms with Crippen LogP contribution in [0.4, 0.5) is 17.1 Å². The zero-order valence-corrected chi connectivity index (χ0v) is 12.2. The van der Waals surface area contributed by atoms with Gasteiger partial charge in [0.05, 0.1) is 22.6 Å². The average Bonchev–Trinajstić information content (AvgIpc) is 2.47. The van der Waals surface area contributed by atoms with Gasteiger partial charge < -0.3 is 20.0 Å². The summed E-state index contributed by atoms with van der Waals surface area (Å²) >= 11 is 0. The number of nitriles is 1. The van der Waals surface area contributed by atoms with Crippen LogP contribution >= 0.6 is 0 Å². The highest BCUT2D eigenvalue weighted by Gasteiger charge is 2.21. The summed E-state index contributed by atoms with van der Waals surface area (Å²) in [5.74, 6) is 0. The van der Waals surface area contributed by atoms with Crippen molar-refractivity contribution in [1.29, 1.82) is 5.26 Å². The van der Waals surface area contributed by atoms with E-state index >= 15 is 0 Å². The smallest absolute Gasteiger partial charge is 0.101 e. The lowest BCUT2D eigenvalue weighted by atomic mass is 10.1. The van der Waals surface area contributed by atoms with E-state index in [4.69, 9.17) is 0 Å². The Morgan fingerprint density at radius 3 is 2.50 bits per heavy atom. The van der Waals surface area contributed by atoms with Crippen molar-refractivity contribution in [3.05, 3.63) is 17.7 Å². The van der Waals surface area contributed by atoms with E-state index in [0.717, 1.165) is 56.2 Å². The standard InChI is InChI=1S/C15H21N5/c1-18-5-7-20(8-6-18)14-10-15-13(9-12(14)11-16)17-3-4-19(15)2/h9-10,17H,3-8H2,1-2H3. The Kier molecular flexibility index (Phi) is 3.41. The average molecular weight is 271 g/mol. The van der Waals surface area contributed by atoms with Gasteiger partial charge in [0.25, 0.3) is 0 Å². The maximum Gasteiger partial charge on any atom is 0.101 e. The molecule has 1 aromatic rings. The van der Waals surface area contributed by atoms with Gasteiger partial charge in [-0.3, -0.25) is 0 Å². The number of nitrogens with zero attached hydrogens (tertiary/aromatic N) is 4. The summed E-state index contributed by atoms with van der Waals surface area (Å²) in [6, 6.07) is 6.53. The topological polar surface area (TPSA) is 45.5 Å². The molecule has 1 N–H and O–H groups in total. The minimum atomic E-state index is 0.774. The van der Waals surface area contributed by atoms with Gasteiger partial charge in [-0.1, -0.05) is 0 Å². The van der Waals surface area contributed by atoms with Crippen LogP contribution in [0.25, 0.3) is 0 Å². The molecule has 5 heteroatoms. The first kappa shape index (κ1) is 13.1. The van der Waals surface area contributed by atoms with E-state index in [1.807, 2.05) is 6.07 Å². The first-order valence-electron chi connectivity index (χ1n) is 7.15. The lowest BCUT2D eigenvalue weighted by molar-refractivity contribution is 0.313. The molecular weight excluding hydrogens is 250 g/mol. The number of hydrogen-bond donors (Lipinski definition) is 1. The lowest BCUT2D eigenvalue weighted by Gasteiger charge is -2.36. The molecule has 0 amide bonds. The van der Waals surface area contributed by atoms with Gasteiger partial charge in [0, 0.05) is 46.3 Å². The van der Waals surface area contributed by atoms with Crippen molar-refractivity contribution < 1.29 is 0 Å². The van der Waals surface area contributed by atoms with Crippen molar-refractivity contribution in [1.82, 2.24) is 4.90 Å². The minimum absolute atomic E-state index is 0.774. The molecule has 0 aromatic heterocycles. The van der Waals surface area contributed by atoms with Crippen LogP contribution in [0.1, 0.15) is 5.56 Å². The molecule has 0 spiro atoms. The summed E-state index contributed by atoms with van der Waals surface area (Å²) < 4.78 is 0. The third-order valence-electron chi connectivity index (χ3n) is 4.25. The number of anilines is 3. The second-order valence-corrected chi connectivity index (χ2v) is 5.64. The molecule has 3 rings (SSSR count). The molecule has 0 aliphatic carbocycles. The van der Waals surface area contributed by atoms with Gasteiger partial charge in [0.1, 0.15) is 6.07 Å². The quantitative estimate of drug-likeness (QED) is 0.831. The highest BCUT2D eigenvalue weighted by Crippen LogP contribution is 2.35. The highest BCUT2D eigenvalue weighted by molar-refractivity contribution is 5.80. The Labute approximate surface area is 120 Å². The number of piperazine rings is 1. The SMILES string of the molecule is CN1CCN(c2cc3c(cc2C#N)NCCN3C)CC1. The fourth-order valence-corrected chi connectivity index (χ4v) is 2.91. The summed E-state index contributed by atoms with van der Waals surface area (Å²) in [7, 11) is 4.26. The molecule has 106 valence electrons. The Bertz CT molecular complexity index is 540. The highest BCUT2D eigenvalue weighted by atomic mass is 15.3. The fourth-order valence-electron chi connectivity index (χ4n) is 2.91. The number of nitrogens with one attached hydrogen (secondary N) is 1. The first-order chi connectivity index (χ1) is 9.69. The van der Waals surface area contributed by atoms with Gasteiger partial charge in [-0.15, -0.1) is 0 Å². The van der Waals surface area contributed by atoms with Crippen molar-refractivity contribution in [2.75, 3.05) is 68.5 Å². The van der Waals surface area contributed by atoms with Crippen LogP contribution in [0.3, 0.4) is 0 Å². The van der Waals surface area contributed by atoms with E-state index in [0.29, 0.717) is 0 Å². The molecule has 0 atom stereocenters. The molecule has 0 unspecified atom stereocenters. The molecular formula is C15H21N5. The van der Waals surface area contributed by atoms with Crippen molar-refractivity contribution in [3.63, 3.8) is 0 Å². The normalized spacial score (nSPS) is 19.2. The zero-order chi connectivity index (χ0) is 14.1. The van der Waals surface area contributed by atoms with Gasteiger partial charge in [-0.25, -0.2) is 0 Å². The van der Waals surface area contributed by atoms with E-state index in [-0.39, 0.29) is 0 Å². The summed E-state index contributed by atoms with van der Waals surface area (Å²) in [5.41, 5.74) is 4.13. The maximum atomic E-state index is 9.44. The second kappa shape index (κ2) is 5.22. The second-order valence-electron chi connectivity index (χ2n) is 5.64. The van der Waals surface area contributed by atoms with Crippen molar-refractivity contribution in [2.24, 2.45) is 0 Å². The predicted octanol–water partition coefficient (Wildman–Crippen LogP) is 1.17. The minimum Gasteiger partial charge on any atom is -0.382 e. The third kappa shape index (κ3) is 2.27. The van der Waals surface area contributed by atoms with Gasteiger partial charge in [0.2, 0.25) is 0 Å².